The number of piperidine rings is 1. The number of hydrogen-bond acceptors (Lipinski definition) is 4. The Morgan fingerprint density at radius 3 is 2.64 bits per heavy atom. The van der Waals surface area contributed by atoms with Gasteiger partial charge in [-0.15, -0.1) is 0 Å². The minimum Gasteiger partial charge on any atom is -0.483 e. The highest BCUT2D eigenvalue weighted by atomic mass is 16.5. The lowest BCUT2D eigenvalue weighted by Crippen LogP contribution is -2.54. The van der Waals surface area contributed by atoms with Gasteiger partial charge < -0.3 is 20.1 Å². The fraction of sp³-hybridized carbons (Fsp3) is 0.500. The topological polar surface area (TPSA) is 95.9 Å². The molecule has 0 aliphatic carbocycles. The van der Waals surface area contributed by atoms with Crippen molar-refractivity contribution in [1.82, 2.24) is 10.2 Å². The zero-order chi connectivity index (χ0) is 18.4. The fourth-order valence-corrected chi connectivity index (χ4v) is 3.08. The number of carbonyl (C=O) groups is 3. The SMILES string of the molecule is CCc1ccccc1OCC(=O)N1C[C@@H](C(=O)NC)CC[C@H]1C(=O)O. The first-order valence-electron chi connectivity index (χ1n) is 8.42. The molecular formula is C18H24N2O5. The van der Waals surface area contributed by atoms with E-state index in [-0.39, 0.29) is 25.5 Å². The van der Waals surface area contributed by atoms with Gasteiger partial charge in [0.15, 0.2) is 6.61 Å². The third kappa shape index (κ3) is 4.49. The molecule has 0 aromatic heterocycles. The van der Waals surface area contributed by atoms with E-state index in [1.165, 1.54) is 11.9 Å². The minimum absolute atomic E-state index is 0.0915. The largest absolute Gasteiger partial charge is 0.483 e. The molecule has 2 N–H and O–H groups in total. The number of hydrogen-bond donors (Lipinski definition) is 2. The molecule has 0 bridgehead atoms. The second-order valence-electron chi connectivity index (χ2n) is 6.04. The summed E-state index contributed by atoms with van der Waals surface area (Å²) in [5.41, 5.74) is 0.979. The van der Waals surface area contributed by atoms with Gasteiger partial charge in [-0.3, -0.25) is 9.59 Å². The predicted octanol–water partition coefficient (Wildman–Crippen LogP) is 1.07. The number of ether oxygens (including phenoxy) is 1. The number of aryl methyl sites for hydroxylation is 1. The van der Waals surface area contributed by atoms with E-state index in [0.29, 0.717) is 12.2 Å². The van der Waals surface area contributed by atoms with Crippen molar-refractivity contribution in [3.8, 4) is 5.75 Å². The smallest absolute Gasteiger partial charge is 0.326 e. The lowest BCUT2D eigenvalue weighted by atomic mass is 9.92. The van der Waals surface area contributed by atoms with Crippen LogP contribution in [0.2, 0.25) is 0 Å². The molecule has 7 nitrogen and oxygen atoms in total. The first kappa shape index (κ1) is 18.8. The quantitative estimate of drug-likeness (QED) is 0.802. The molecule has 0 unspecified atom stereocenters. The Kier molecular flexibility index (Phi) is 6.38. The monoisotopic (exact) mass is 348 g/mol. The van der Waals surface area contributed by atoms with Gasteiger partial charge in [-0.05, 0) is 30.9 Å². The van der Waals surface area contributed by atoms with Crippen molar-refractivity contribution in [2.24, 2.45) is 5.92 Å². The van der Waals surface area contributed by atoms with Crippen molar-refractivity contribution in [2.75, 3.05) is 20.2 Å². The average Bonchev–Trinajstić information content (AvgIpc) is 2.64. The van der Waals surface area contributed by atoms with Crippen LogP contribution >= 0.6 is 0 Å². The van der Waals surface area contributed by atoms with Crippen LogP contribution in [0.3, 0.4) is 0 Å². The van der Waals surface area contributed by atoms with Crippen molar-refractivity contribution in [2.45, 2.75) is 32.2 Å². The average molecular weight is 348 g/mol. The van der Waals surface area contributed by atoms with Crippen LogP contribution in [0.4, 0.5) is 0 Å². The summed E-state index contributed by atoms with van der Waals surface area (Å²) in [7, 11) is 1.53. The Morgan fingerprint density at radius 2 is 2.00 bits per heavy atom. The third-order valence-electron chi connectivity index (χ3n) is 4.51. The molecule has 2 amide bonds. The number of aliphatic carboxylic acids is 1. The molecule has 1 saturated heterocycles. The molecule has 1 aromatic rings. The third-order valence-corrected chi connectivity index (χ3v) is 4.51. The van der Waals surface area contributed by atoms with E-state index in [1.807, 2.05) is 25.1 Å². The van der Waals surface area contributed by atoms with Crippen molar-refractivity contribution in [3.05, 3.63) is 29.8 Å². The van der Waals surface area contributed by atoms with Gasteiger partial charge in [-0.1, -0.05) is 25.1 Å². The number of carbonyl (C=O) groups excluding carboxylic acids is 2. The van der Waals surface area contributed by atoms with Crippen molar-refractivity contribution >= 4 is 17.8 Å². The Hall–Kier alpha value is -2.57. The van der Waals surface area contributed by atoms with Gasteiger partial charge in [0.05, 0.1) is 5.92 Å². The highest BCUT2D eigenvalue weighted by molar-refractivity contribution is 5.86. The number of carboxylic acid groups (broad SMARTS) is 1. The van der Waals surface area contributed by atoms with Gasteiger partial charge in [0, 0.05) is 13.6 Å². The Bertz CT molecular complexity index is 646. The predicted molar refractivity (Wildman–Crippen MR) is 91.2 cm³/mol. The summed E-state index contributed by atoms with van der Waals surface area (Å²) < 4.78 is 5.61. The van der Waals surface area contributed by atoms with Crippen molar-refractivity contribution < 1.29 is 24.2 Å². The maximum absolute atomic E-state index is 12.5. The molecule has 0 saturated carbocycles. The van der Waals surface area contributed by atoms with Crippen LogP contribution in [-0.4, -0.2) is 54.0 Å². The van der Waals surface area contributed by atoms with Crippen LogP contribution < -0.4 is 10.1 Å². The number of likely N-dealkylation sites (tertiary alicyclic amines) is 1. The molecule has 1 aliphatic rings. The molecule has 0 radical (unpaired) electrons. The van der Waals surface area contributed by atoms with Gasteiger partial charge in [-0.25, -0.2) is 4.79 Å². The van der Waals surface area contributed by atoms with Gasteiger partial charge in [-0.2, -0.15) is 0 Å². The van der Waals surface area contributed by atoms with Gasteiger partial charge in [0.1, 0.15) is 11.8 Å². The maximum Gasteiger partial charge on any atom is 0.326 e. The number of benzene rings is 1. The Morgan fingerprint density at radius 1 is 1.28 bits per heavy atom. The summed E-state index contributed by atoms with van der Waals surface area (Å²) in [6.07, 6.45) is 1.47. The van der Waals surface area contributed by atoms with Crippen molar-refractivity contribution in [3.63, 3.8) is 0 Å². The highest BCUT2D eigenvalue weighted by Crippen LogP contribution is 2.24. The van der Waals surface area contributed by atoms with E-state index < -0.39 is 23.8 Å². The summed E-state index contributed by atoms with van der Waals surface area (Å²) in [5.74, 6) is -1.44. The van der Waals surface area contributed by atoms with Gasteiger partial charge >= 0.3 is 5.97 Å². The summed E-state index contributed by atoms with van der Waals surface area (Å²) in [6, 6.07) is 6.50. The number of amides is 2. The molecular weight excluding hydrogens is 324 g/mol. The van der Waals surface area contributed by atoms with Gasteiger partial charge in [0.25, 0.3) is 5.91 Å². The van der Waals surface area contributed by atoms with E-state index in [2.05, 4.69) is 5.32 Å². The second kappa shape index (κ2) is 8.50. The molecule has 136 valence electrons. The van der Waals surface area contributed by atoms with Crippen LogP contribution in [0.5, 0.6) is 5.75 Å². The summed E-state index contributed by atoms with van der Waals surface area (Å²) in [4.78, 5) is 37.1. The van der Waals surface area contributed by atoms with Crippen LogP contribution in [0.1, 0.15) is 25.3 Å². The molecule has 7 heteroatoms. The van der Waals surface area contributed by atoms with Crippen LogP contribution in [0.15, 0.2) is 24.3 Å². The molecule has 0 spiro atoms. The minimum atomic E-state index is -1.06. The van der Waals surface area contributed by atoms with E-state index >= 15 is 0 Å². The molecule has 1 aliphatic heterocycles. The number of carboxylic acids is 1. The van der Waals surface area contributed by atoms with Crippen molar-refractivity contribution in [1.29, 1.82) is 0 Å². The highest BCUT2D eigenvalue weighted by Gasteiger charge is 2.38. The Labute approximate surface area is 147 Å². The summed E-state index contributed by atoms with van der Waals surface area (Å²) in [5, 5.41) is 11.9. The molecule has 1 heterocycles. The number of para-hydroxylation sites is 1. The van der Waals surface area contributed by atoms with Crippen LogP contribution in [-0.2, 0) is 20.8 Å². The maximum atomic E-state index is 12.5. The lowest BCUT2D eigenvalue weighted by Gasteiger charge is -2.36. The van der Waals surface area contributed by atoms with E-state index in [1.54, 1.807) is 6.07 Å². The Balaban J connectivity index is 2.07. The lowest BCUT2D eigenvalue weighted by molar-refractivity contribution is -0.155. The first-order chi connectivity index (χ1) is 12.0. The van der Waals surface area contributed by atoms with Crippen LogP contribution in [0, 0.1) is 5.92 Å². The molecule has 2 atom stereocenters. The first-order valence-corrected chi connectivity index (χ1v) is 8.42. The molecule has 2 rings (SSSR count). The van der Waals surface area contributed by atoms with Gasteiger partial charge in [0.2, 0.25) is 5.91 Å². The van der Waals surface area contributed by atoms with E-state index in [4.69, 9.17) is 4.74 Å². The van der Waals surface area contributed by atoms with E-state index in [9.17, 15) is 19.5 Å². The summed E-state index contributed by atoms with van der Waals surface area (Å²) in [6.45, 7) is 1.83. The molecule has 1 aromatic carbocycles. The number of nitrogens with one attached hydrogen (secondary N) is 1. The van der Waals surface area contributed by atoms with Crippen LogP contribution in [0.25, 0.3) is 0 Å². The second-order valence-corrected chi connectivity index (χ2v) is 6.04. The summed E-state index contributed by atoms with van der Waals surface area (Å²) >= 11 is 0. The molecule has 25 heavy (non-hydrogen) atoms. The number of nitrogens with zero attached hydrogens (tertiary/aromatic N) is 1. The zero-order valence-corrected chi connectivity index (χ0v) is 14.5. The van der Waals surface area contributed by atoms with E-state index in [0.717, 1.165) is 12.0 Å². The zero-order valence-electron chi connectivity index (χ0n) is 14.5. The standard InChI is InChI=1S/C18H24N2O5/c1-3-12-6-4-5-7-15(12)25-11-16(21)20-10-13(17(22)19-2)8-9-14(20)18(23)24/h4-7,13-14H,3,8-11H2,1-2H3,(H,19,22)(H,23,24)/t13-,14-/m0/s1. The molecule has 1 fully saturated rings. The number of rotatable bonds is 6. The fourth-order valence-electron chi connectivity index (χ4n) is 3.08. The normalized spacial score (nSPS) is 20.0.